The Labute approximate surface area is 148 Å². The lowest BCUT2D eigenvalue weighted by molar-refractivity contribution is -0.141. The van der Waals surface area contributed by atoms with Crippen molar-refractivity contribution in [3.05, 3.63) is 24.3 Å². The fourth-order valence-electron chi connectivity index (χ4n) is 3.48. The van der Waals surface area contributed by atoms with Crippen LogP contribution in [0.3, 0.4) is 0 Å². The van der Waals surface area contributed by atoms with Crippen molar-refractivity contribution < 1.29 is 19.1 Å². The molecule has 2 heterocycles. The lowest BCUT2D eigenvalue weighted by Crippen LogP contribution is -2.45. The third kappa shape index (κ3) is 4.51. The largest absolute Gasteiger partial charge is 0.497 e. The number of rotatable bonds is 4. The van der Waals surface area contributed by atoms with Gasteiger partial charge in [-0.1, -0.05) is 0 Å². The zero-order valence-corrected chi connectivity index (χ0v) is 14.7. The van der Waals surface area contributed by atoms with Crippen molar-refractivity contribution in [2.45, 2.75) is 25.7 Å². The van der Waals surface area contributed by atoms with E-state index >= 15 is 0 Å². The van der Waals surface area contributed by atoms with E-state index in [1.807, 2.05) is 29.2 Å². The average molecular weight is 346 g/mol. The molecule has 0 bridgehead atoms. The number of nitrogens with zero attached hydrogens (tertiary/aromatic N) is 1. The van der Waals surface area contributed by atoms with Crippen LogP contribution in [0.15, 0.2) is 24.3 Å². The number of benzene rings is 1. The number of hydrogen-bond acceptors (Lipinski definition) is 4. The maximum atomic E-state index is 12.5. The van der Waals surface area contributed by atoms with Crippen LogP contribution < -0.4 is 10.1 Å². The molecule has 0 spiro atoms. The Hall–Kier alpha value is -2.08. The van der Waals surface area contributed by atoms with Crippen molar-refractivity contribution in [2.24, 2.45) is 11.8 Å². The van der Waals surface area contributed by atoms with Gasteiger partial charge in [0.2, 0.25) is 11.8 Å². The molecule has 1 N–H and O–H groups in total. The van der Waals surface area contributed by atoms with E-state index in [1.165, 1.54) is 0 Å². The lowest BCUT2D eigenvalue weighted by atomic mass is 9.93. The normalized spacial score (nSPS) is 19.5. The quantitative estimate of drug-likeness (QED) is 0.908. The Morgan fingerprint density at radius 3 is 2.28 bits per heavy atom. The smallest absolute Gasteiger partial charge is 0.227 e. The molecule has 2 aliphatic heterocycles. The molecule has 0 aliphatic carbocycles. The first kappa shape index (κ1) is 17.7. The number of likely N-dealkylation sites (tertiary alicyclic amines) is 1. The number of methoxy groups -OCH3 is 1. The summed E-state index contributed by atoms with van der Waals surface area (Å²) in [5, 5.41) is 2.96. The molecule has 25 heavy (non-hydrogen) atoms. The second-order valence-electron chi connectivity index (χ2n) is 6.70. The number of nitrogens with one attached hydrogen (secondary N) is 1. The summed E-state index contributed by atoms with van der Waals surface area (Å²) in [6.45, 7) is 2.68. The van der Waals surface area contributed by atoms with Crippen LogP contribution in [-0.2, 0) is 14.3 Å². The van der Waals surface area contributed by atoms with Gasteiger partial charge in [0.25, 0.3) is 0 Å². The van der Waals surface area contributed by atoms with Crippen LogP contribution in [0.25, 0.3) is 0 Å². The standard InChI is InChI=1S/C19H26N2O4/c1-24-17-4-2-16(3-5-17)20-18(22)14-6-10-21(11-7-14)19(23)15-8-12-25-13-9-15/h2-5,14-15H,6-13H2,1H3,(H,20,22). The monoisotopic (exact) mass is 346 g/mol. The van der Waals surface area contributed by atoms with E-state index in [0.717, 1.165) is 37.1 Å². The fraction of sp³-hybridized carbons (Fsp3) is 0.579. The van der Waals surface area contributed by atoms with Gasteiger partial charge in [0.15, 0.2) is 0 Å². The summed E-state index contributed by atoms with van der Waals surface area (Å²) in [5.41, 5.74) is 0.770. The van der Waals surface area contributed by atoms with E-state index in [9.17, 15) is 9.59 Å². The number of anilines is 1. The van der Waals surface area contributed by atoms with Gasteiger partial charge in [-0.05, 0) is 49.9 Å². The molecule has 0 unspecified atom stereocenters. The first-order valence-electron chi connectivity index (χ1n) is 8.99. The topological polar surface area (TPSA) is 67.9 Å². The van der Waals surface area contributed by atoms with E-state index in [1.54, 1.807) is 7.11 Å². The Kier molecular flexibility index (Phi) is 5.91. The fourth-order valence-corrected chi connectivity index (χ4v) is 3.48. The van der Waals surface area contributed by atoms with Crippen molar-refractivity contribution in [3.63, 3.8) is 0 Å². The molecule has 0 atom stereocenters. The zero-order valence-electron chi connectivity index (χ0n) is 14.7. The van der Waals surface area contributed by atoms with Crippen LogP contribution in [-0.4, -0.2) is 50.1 Å². The number of piperidine rings is 1. The summed E-state index contributed by atoms with van der Waals surface area (Å²) in [5.74, 6) is 1.08. The van der Waals surface area contributed by atoms with E-state index in [4.69, 9.17) is 9.47 Å². The molecule has 6 nitrogen and oxygen atoms in total. The third-order valence-electron chi connectivity index (χ3n) is 5.11. The second-order valence-corrected chi connectivity index (χ2v) is 6.70. The van der Waals surface area contributed by atoms with Crippen molar-refractivity contribution in [3.8, 4) is 5.75 Å². The predicted octanol–water partition coefficient (Wildman–Crippen LogP) is 2.30. The van der Waals surface area contributed by atoms with Gasteiger partial charge in [-0.15, -0.1) is 0 Å². The highest BCUT2D eigenvalue weighted by Crippen LogP contribution is 2.24. The molecule has 1 aromatic carbocycles. The minimum absolute atomic E-state index is 0.0309. The molecule has 0 saturated carbocycles. The highest BCUT2D eigenvalue weighted by Gasteiger charge is 2.31. The van der Waals surface area contributed by atoms with E-state index < -0.39 is 0 Å². The summed E-state index contributed by atoms with van der Waals surface area (Å²) >= 11 is 0. The van der Waals surface area contributed by atoms with Crippen molar-refractivity contribution >= 4 is 17.5 Å². The van der Waals surface area contributed by atoms with E-state index in [2.05, 4.69) is 5.32 Å². The van der Waals surface area contributed by atoms with Crippen LogP contribution >= 0.6 is 0 Å². The maximum absolute atomic E-state index is 12.5. The minimum Gasteiger partial charge on any atom is -0.497 e. The number of ether oxygens (including phenoxy) is 2. The van der Waals surface area contributed by atoms with Gasteiger partial charge >= 0.3 is 0 Å². The van der Waals surface area contributed by atoms with Gasteiger partial charge in [-0.3, -0.25) is 9.59 Å². The molecule has 2 saturated heterocycles. The summed E-state index contributed by atoms with van der Waals surface area (Å²) in [6.07, 6.45) is 3.07. The Bertz CT molecular complexity index is 588. The average Bonchev–Trinajstić information content (AvgIpc) is 2.69. The lowest BCUT2D eigenvalue weighted by Gasteiger charge is -2.34. The summed E-state index contributed by atoms with van der Waals surface area (Å²) in [7, 11) is 1.61. The molecule has 0 radical (unpaired) electrons. The molecule has 3 rings (SSSR count). The molecule has 1 aromatic rings. The van der Waals surface area contributed by atoms with Crippen LogP contribution in [0.2, 0.25) is 0 Å². The first-order valence-corrected chi connectivity index (χ1v) is 8.99. The van der Waals surface area contributed by atoms with Crippen LogP contribution in [0, 0.1) is 11.8 Å². The van der Waals surface area contributed by atoms with Gasteiger partial charge < -0.3 is 19.7 Å². The van der Waals surface area contributed by atoms with Crippen molar-refractivity contribution in [2.75, 3.05) is 38.7 Å². The highest BCUT2D eigenvalue weighted by molar-refractivity contribution is 5.92. The van der Waals surface area contributed by atoms with Gasteiger partial charge in [0, 0.05) is 43.8 Å². The molecule has 2 aliphatic rings. The number of hydrogen-bond donors (Lipinski definition) is 1. The predicted molar refractivity (Wildman–Crippen MR) is 94.5 cm³/mol. The van der Waals surface area contributed by atoms with Crippen molar-refractivity contribution in [1.29, 1.82) is 0 Å². The maximum Gasteiger partial charge on any atom is 0.227 e. The summed E-state index contributed by atoms with van der Waals surface area (Å²) < 4.78 is 10.4. The number of carbonyl (C=O) groups is 2. The Morgan fingerprint density at radius 2 is 1.68 bits per heavy atom. The number of amides is 2. The van der Waals surface area contributed by atoms with E-state index in [-0.39, 0.29) is 23.7 Å². The number of carbonyl (C=O) groups excluding carboxylic acids is 2. The minimum atomic E-state index is -0.0409. The second kappa shape index (κ2) is 8.34. The Balaban J connectivity index is 1.47. The summed E-state index contributed by atoms with van der Waals surface area (Å²) in [6, 6.07) is 7.32. The molecule has 0 aromatic heterocycles. The van der Waals surface area contributed by atoms with Crippen LogP contribution in [0.1, 0.15) is 25.7 Å². The first-order chi connectivity index (χ1) is 12.2. The Morgan fingerprint density at radius 1 is 1.04 bits per heavy atom. The zero-order chi connectivity index (χ0) is 17.6. The third-order valence-corrected chi connectivity index (χ3v) is 5.11. The van der Waals surface area contributed by atoms with E-state index in [0.29, 0.717) is 26.3 Å². The SMILES string of the molecule is COc1ccc(NC(=O)C2CCN(C(=O)C3CCOCC3)CC2)cc1. The summed E-state index contributed by atoms with van der Waals surface area (Å²) in [4.78, 5) is 26.9. The molecule has 6 heteroatoms. The molecular formula is C19H26N2O4. The molecule has 2 amide bonds. The van der Waals surface area contributed by atoms with Crippen LogP contribution in [0.4, 0.5) is 5.69 Å². The van der Waals surface area contributed by atoms with Gasteiger partial charge in [-0.2, -0.15) is 0 Å². The van der Waals surface area contributed by atoms with Gasteiger partial charge in [0.05, 0.1) is 7.11 Å². The molecular weight excluding hydrogens is 320 g/mol. The van der Waals surface area contributed by atoms with Crippen molar-refractivity contribution in [1.82, 2.24) is 4.90 Å². The molecule has 2 fully saturated rings. The van der Waals surface area contributed by atoms with Gasteiger partial charge in [-0.25, -0.2) is 0 Å². The van der Waals surface area contributed by atoms with Gasteiger partial charge in [0.1, 0.15) is 5.75 Å². The van der Waals surface area contributed by atoms with Crippen LogP contribution in [0.5, 0.6) is 5.75 Å². The highest BCUT2D eigenvalue weighted by atomic mass is 16.5. The molecule has 136 valence electrons.